The third-order valence-corrected chi connectivity index (χ3v) is 12.1. The largest absolute Gasteiger partial charge is 0.396 e. The van der Waals surface area contributed by atoms with Crippen molar-refractivity contribution in [2.45, 2.75) is 11.8 Å². The molecule has 0 atom stereocenters. The molecule has 3 aliphatic rings. The maximum atomic E-state index is 7.20. The topological polar surface area (TPSA) is 50.4 Å². The van der Waals surface area contributed by atoms with Crippen LogP contribution in [-0.2, 0) is 11.8 Å². The lowest BCUT2D eigenvalue weighted by Gasteiger charge is -2.40. The fraction of sp³-hybridized carbons (Fsp3) is 0.0577. The first-order valence-corrected chi connectivity index (χ1v) is 19.0. The molecule has 8 aromatic carbocycles. The van der Waals surface area contributed by atoms with Crippen LogP contribution in [0.25, 0.3) is 55.5 Å². The van der Waals surface area contributed by atoms with Crippen molar-refractivity contribution in [2.75, 3.05) is 7.05 Å². The molecule has 0 bridgehead atoms. The number of amidine groups is 1. The van der Waals surface area contributed by atoms with Gasteiger partial charge in [0.2, 0.25) is 0 Å². The summed E-state index contributed by atoms with van der Waals surface area (Å²) < 4.78 is 0. The summed E-state index contributed by atoms with van der Waals surface area (Å²) in [6.45, 7) is 0. The molecule has 3 aliphatic carbocycles. The fourth-order valence-corrected chi connectivity index (χ4v) is 9.79. The molecule has 11 rings (SSSR count). The average molecular weight is 704 g/mol. The number of benzene rings is 8. The van der Waals surface area contributed by atoms with Crippen molar-refractivity contribution in [3.05, 3.63) is 226 Å². The summed E-state index contributed by atoms with van der Waals surface area (Å²) in [4.78, 5) is 5.45. The number of rotatable bonds is 4. The van der Waals surface area contributed by atoms with E-state index >= 15 is 0 Å². The quantitative estimate of drug-likeness (QED) is 0.109. The lowest BCUT2D eigenvalue weighted by atomic mass is 9.61. The van der Waals surface area contributed by atoms with Crippen molar-refractivity contribution in [3.8, 4) is 33.4 Å². The fourth-order valence-electron chi connectivity index (χ4n) is 9.79. The minimum Gasteiger partial charge on any atom is -0.396 e. The van der Waals surface area contributed by atoms with Crippen LogP contribution in [0.3, 0.4) is 0 Å². The Hall–Kier alpha value is -6.97. The van der Waals surface area contributed by atoms with Gasteiger partial charge in [-0.25, -0.2) is 4.99 Å². The third kappa shape index (κ3) is 4.47. The highest BCUT2D eigenvalue weighted by Crippen LogP contribution is 2.59. The van der Waals surface area contributed by atoms with Gasteiger partial charge in [-0.2, -0.15) is 0 Å². The molecule has 3 N–H and O–H groups in total. The predicted molar refractivity (Wildman–Crippen MR) is 228 cm³/mol. The molecule has 0 radical (unpaired) electrons. The molecular weight excluding hydrogens is 667 g/mol. The number of nitrogens with two attached hydrogens (primary N) is 1. The Bertz CT molecular complexity index is 2900. The van der Waals surface area contributed by atoms with E-state index in [1.807, 2.05) is 25.2 Å². The number of hydrogen-bond acceptors (Lipinski definition) is 2. The van der Waals surface area contributed by atoms with Crippen LogP contribution in [0.5, 0.6) is 0 Å². The van der Waals surface area contributed by atoms with E-state index < -0.39 is 5.41 Å². The first-order valence-electron chi connectivity index (χ1n) is 19.0. The van der Waals surface area contributed by atoms with Gasteiger partial charge in [0, 0.05) is 18.2 Å². The summed E-state index contributed by atoms with van der Waals surface area (Å²) in [5, 5.41) is 6.03. The number of fused-ring (bicyclic) bond motifs is 12. The molecule has 0 aromatic heterocycles. The van der Waals surface area contributed by atoms with Gasteiger partial charge >= 0.3 is 0 Å². The summed E-state index contributed by atoms with van der Waals surface area (Å²) in [5.41, 5.74) is 26.6. The molecule has 0 unspecified atom stereocenters. The molecule has 55 heavy (non-hydrogen) atoms. The summed E-state index contributed by atoms with van der Waals surface area (Å²) in [6.07, 6.45) is 0.926. The van der Waals surface area contributed by atoms with E-state index in [-0.39, 0.29) is 0 Å². The monoisotopic (exact) mass is 703 g/mol. The van der Waals surface area contributed by atoms with Gasteiger partial charge in [-0.3, -0.25) is 0 Å². The Kier molecular flexibility index (Phi) is 6.90. The number of hydrogen-bond donors (Lipinski definition) is 2. The van der Waals surface area contributed by atoms with E-state index in [9.17, 15) is 0 Å². The van der Waals surface area contributed by atoms with Crippen LogP contribution in [0.4, 0.5) is 0 Å². The zero-order valence-electron chi connectivity index (χ0n) is 30.5. The molecule has 0 amide bonds. The molecule has 0 heterocycles. The molecular formula is C52H37N3. The SMILES string of the molecule is CN/C(=N\C(=C(/N)c1ccccc1)c1ccc2c(c1)-c1ccccc1C21c2ccccc2Cc2ccccc21)c1ccc2c(c1)-c1cccc3cccc-2c13. The second-order valence-corrected chi connectivity index (χ2v) is 14.9. The number of nitrogens with one attached hydrogen (secondary N) is 1. The molecule has 3 nitrogen and oxygen atoms in total. The second-order valence-electron chi connectivity index (χ2n) is 14.9. The third-order valence-electron chi connectivity index (χ3n) is 12.1. The van der Waals surface area contributed by atoms with Gasteiger partial charge in [-0.1, -0.05) is 164 Å². The van der Waals surface area contributed by atoms with Crippen LogP contribution in [0.2, 0.25) is 0 Å². The lowest BCUT2D eigenvalue weighted by Crippen LogP contribution is -2.34. The number of nitrogens with zero attached hydrogens (tertiary/aromatic N) is 1. The standard InChI is InChI=1S/C52H37N3/c1-54-51(37-25-27-38-40-20-11-17-32-18-12-21-41(48(32)40)42(38)31-37)55-50(49(53)33-13-3-2-4-14-33)36-26-28-47-43(30-36)39-19-7-10-24-46(39)52(47)44-22-8-5-15-34(44)29-35-16-6-9-23-45(35)52/h2-28,30-31H,29,53H2,1H3,(H,54,55)/b50-49-. The predicted octanol–water partition coefficient (Wildman–Crippen LogP) is 11.2. The highest BCUT2D eigenvalue weighted by atomic mass is 15.0. The van der Waals surface area contributed by atoms with Crippen molar-refractivity contribution in [1.82, 2.24) is 5.32 Å². The van der Waals surface area contributed by atoms with E-state index in [2.05, 4.69) is 163 Å². The summed E-state index contributed by atoms with van der Waals surface area (Å²) >= 11 is 0. The van der Waals surface area contributed by atoms with Gasteiger partial charge in [-0.15, -0.1) is 0 Å². The molecule has 0 aliphatic heterocycles. The Labute approximate surface area is 321 Å². The highest BCUT2D eigenvalue weighted by Gasteiger charge is 2.49. The molecule has 0 saturated carbocycles. The first-order chi connectivity index (χ1) is 27.1. The Balaban J connectivity index is 1.12. The van der Waals surface area contributed by atoms with Crippen LogP contribution in [0.15, 0.2) is 181 Å². The van der Waals surface area contributed by atoms with Gasteiger partial charge < -0.3 is 11.1 Å². The molecule has 0 fully saturated rings. The van der Waals surface area contributed by atoms with Gasteiger partial charge in [0.15, 0.2) is 0 Å². The zero-order chi connectivity index (χ0) is 36.7. The second kappa shape index (κ2) is 12.0. The number of aliphatic imine (C=N–C) groups is 1. The van der Waals surface area contributed by atoms with Crippen LogP contribution >= 0.6 is 0 Å². The van der Waals surface area contributed by atoms with Crippen LogP contribution in [-0.4, -0.2) is 12.9 Å². The van der Waals surface area contributed by atoms with E-state index in [0.29, 0.717) is 5.70 Å². The summed E-state index contributed by atoms with van der Waals surface area (Å²) in [6, 6.07) is 63.9. The molecule has 1 spiro atoms. The van der Waals surface area contributed by atoms with E-state index in [1.54, 1.807) is 0 Å². The van der Waals surface area contributed by atoms with E-state index in [4.69, 9.17) is 10.7 Å². The summed E-state index contributed by atoms with van der Waals surface area (Å²) in [7, 11) is 1.94. The first kappa shape index (κ1) is 31.5. The van der Waals surface area contributed by atoms with E-state index in [1.165, 1.54) is 77.5 Å². The maximum absolute atomic E-state index is 7.20. The van der Waals surface area contributed by atoms with Crippen molar-refractivity contribution >= 4 is 28.0 Å². The zero-order valence-corrected chi connectivity index (χ0v) is 30.5. The highest BCUT2D eigenvalue weighted by molar-refractivity contribution is 6.16. The van der Waals surface area contributed by atoms with Crippen molar-refractivity contribution in [2.24, 2.45) is 10.7 Å². The van der Waals surface area contributed by atoms with Crippen LogP contribution in [0, 0.1) is 0 Å². The Morgan fingerprint density at radius 2 is 1.07 bits per heavy atom. The minimum absolute atomic E-state index is 0.422. The van der Waals surface area contributed by atoms with E-state index in [0.717, 1.165) is 34.6 Å². The maximum Gasteiger partial charge on any atom is 0.133 e. The molecule has 8 aromatic rings. The van der Waals surface area contributed by atoms with Gasteiger partial charge in [0.25, 0.3) is 0 Å². The van der Waals surface area contributed by atoms with Gasteiger partial charge in [-0.05, 0) is 102 Å². The smallest absolute Gasteiger partial charge is 0.133 e. The van der Waals surface area contributed by atoms with Crippen LogP contribution in [0.1, 0.15) is 50.1 Å². The van der Waals surface area contributed by atoms with Gasteiger partial charge in [0.05, 0.1) is 16.8 Å². The summed E-state index contributed by atoms with van der Waals surface area (Å²) in [5.74, 6) is 0.757. The van der Waals surface area contributed by atoms with Crippen molar-refractivity contribution in [3.63, 3.8) is 0 Å². The molecule has 0 saturated heterocycles. The van der Waals surface area contributed by atoms with Crippen molar-refractivity contribution < 1.29 is 0 Å². The Morgan fingerprint density at radius 3 is 1.80 bits per heavy atom. The van der Waals surface area contributed by atoms with Crippen molar-refractivity contribution in [1.29, 1.82) is 0 Å². The lowest BCUT2D eigenvalue weighted by molar-refractivity contribution is 0.722. The average Bonchev–Trinajstić information content (AvgIpc) is 3.72. The molecule has 3 heteroatoms. The molecule has 260 valence electrons. The van der Waals surface area contributed by atoms with Crippen LogP contribution < -0.4 is 11.1 Å². The normalized spacial score (nSPS) is 14.5. The minimum atomic E-state index is -0.422. The Morgan fingerprint density at radius 1 is 0.491 bits per heavy atom. The van der Waals surface area contributed by atoms with Gasteiger partial charge in [0.1, 0.15) is 5.84 Å².